The Bertz CT molecular complexity index is 205. The van der Waals surface area contributed by atoms with Gasteiger partial charge in [-0.25, -0.2) is 0 Å². The van der Waals surface area contributed by atoms with Gasteiger partial charge < -0.3 is 5.11 Å². The average Bonchev–Trinajstić information content (AvgIpc) is 1.88. The molecule has 0 unspecified atom stereocenters. The molecular weight excluding hydrogens is 354 g/mol. The van der Waals surface area contributed by atoms with Crippen LogP contribution in [0, 0.1) is 1.93 Å². The molecule has 0 amide bonds. The summed E-state index contributed by atoms with van der Waals surface area (Å²) in [5, 5.41) is 8.92. The fraction of sp³-hybridized carbons (Fsp3) is 0. The van der Waals surface area contributed by atoms with Gasteiger partial charge in [0.2, 0.25) is 0 Å². The molecule has 1 rings (SSSR count). The van der Waals surface area contributed by atoms with E-state index in [9.17, 15) is 0 Å². The Kier molecular flexibility index (Phi) is 3.22. The Labute approximate surface area is 87.1 Å². The van der Waals surface area contributed by atoms with E-state index < -0.39 is 0 Å². The van der Waals surface area contributed by atoms with Crippen molar-refractivity contribution in [3.8, 4) is 5.75 Å². The molecular formula is C7H5I2O. The molecule has 3 heteroatoms. The quantitative estimate of drug-likeness (QED) is 0.765. The topological polar surface area (TPSA) is 20.2 Å². The summed E-state index contributed by atoms with van der Waals surface area (Å²) in [5.41, 5.74) is 1.15. The van der Waals surface area contributed by atoms with Crippen LogP contribution in [0.4, 0.5) is 0 Å². The van der Waals surface area contributed by atoms with Gasteiger partial charge in [-0.3, -0.25) is 0 Å². The molecule has 0 aliphatic rings. The molecule has 0 saturated heterocycles. The second-order valence-electron chi connectivity index (χ2n) is 1.81. The van der Waals surface area contributed by atoms with Crippen LogP contribution in [0.15, 0.2) is 24.3 Å². The van der Waals surface area contributed by atoms with E-state index in [0.29, 0.717) is 5.75 Å². The lowest BCUT2D eigenvalue weighted by Gasteiger charge is -1.99. The van der Waals surface area contributed by atoms with Crippen molar-refractivity contribution in [1.82, 2.24) is 0 Å². The molecule has 0 atom stereocenters. The minimum atomic E-state index is 0.317. The number of hydrogen-bond donors (Lipinski definition) is 1. The Hall–Kier alpha value is 0.480. The summed E-state index contributed by atoms with van der Waals surface area (Å²) < 4.78 is 1.20. The summed E-state index contributed by atoms with van der Waals surface area (Å²) in [6.07, 6.45) is 0. The van der Waals surface area contributed by atoms with Gasteiger partial charge >= 0.3 is 0 Å². The molecule has 0 aromatic heterocycles. The molecule has 1 N–H and O–H groups in total. The van der Waals surface area contributed by atoms with E-state index in [-0.39, 0.29) is 0 Å². The first-order valence-corrected chi connectivity index (χ1v) is 4.83. The lowest BCUT2D eigenvalue weighted by Crippen LogP contribution is -1.77. The fourth-order valence-corrected chi connectivity index (χ4v) is 1.31. The van der Waals surface area contributed by atoms with Crippen molar-refractivity contribution >= 4 is 45.2 Å². The maximum Gasteiger partial charge on any atom is 0.126 e. The lowest BCUT2D eigenvalue weighted by atomic mass is 10.2. The fourth-order valence-electron chi connectivity index (χ4n) is 0.587. The number of phenolic OH excluding ortho intramolecular Hbond substituents is 1. The zero-order valence-electron chi connectivity index (χ0n) is 5.01. The second-order valence-corrected chi connectivity index (χ2v) is 6.03. The molecule has 10 heavy (non-hydrogen) atoms. The minimum Gasteiger partial charge on any atom is -0.508 e. The van der Waals surface area contributed by atoms with Crippen LogP contribution in [0.3, 0.4) is 0 Å². The van der Waals surface area contributed by atoms with Crippen LogP contribution in [0.5, 0.6) is 5.75 Å². The lowest BCUT2D eigenvalue weighted by molar-refractivity contribution is 0.475. The van der Waals surface area contributed by atoms with Crippen LogP contribution in [0.1, 0.15) is 5.56 Å². The van der Waals surface area contributed by atoms with E-state index in [1.54, 1.807) is 12.1 Å². The van der Waals surface area contributed by atoms with Gasteiger partial charge in [0.1, 0.15) is 7.68 Å². The normalized spacial score (nSPS) is 10.3. The van der Waals surface area contributed by atoms with Crippen molar-refractivity contribution in [2.45, 2.75) is 0 Å². The van der Waals surface area contributed by atoms with E-state index in [2.05, 4.69) is 45.2 Å². The summed E-state index contributed by atoms with van der Waals surface area (Å²) in [5.74, 6) is 0.317. The van der Waals surface area contributed by atoms with E-state index in [1.165, 1.54) is 1.93 Å². The van der Waals surface area contributed by atoms with Gasteiger partial charge in [0.15, 0.2) is 0 Å². The molecule has 0 aliphatic heterocycles. The first kappa shape index (κ1) is 8.58. The van der Waals surface area contributed by atoms with Crippen LogP contribution in [-0.2, 0) is 0 Å². The summed E-state index contributed by atoms with van der Waals surface area (Å²) in [7, 11) is 0. The number of benzene rings is 1. The molecule has 53 valence electrons. The summed E-state index contributed by atoms with van der Waals surface area (Å²) in [6.45, 7) is 0. The van der Waals surface area contributed by atoms with Crippen molar-refractivity contribution in [1.29, 1.82) is 0 Å². The van der Waals surface area contributed by atoms with Crippen molar-refractivity contribution in [3.05, 3.63) is 31.8 Å². The highest BCUT2D eigenvalue weighted by molar-refractivity contribution is 14.2. The molecule has 0 aliphatic carbocycles. The maximum atomic E-state index is 8.92. The molecule has 1 radical (unpaired) electrons. The number of hydrogen-bond acceptors (Lipinski definition) is 1. The average molecular weight is 359 g/mol. The zero-order chi connectivity index (χ0) is 7.56. The predicted molar refractivity (Wildman–Crippen MR) is 58.5 cm³/mol. The molecule has 0 saturated carbocycles. The van der Waals surface area contributed by atoms with Gasteiger partial charge in [0.05, 0.1) is 0 Å². The predicted octanol–water partition coefficient (Wildman–Crippen LogP) is 3.10. The Balaban J connectivity index is 2.89. The largest absolute Gasteiger partial charge is 0.508 e. The summed E-state index contributed by atoms with van der Waals surface area (Å²) >= 11 is 4.48. The van der Waals surface area contributed by atoms with Gasteiger partial charge in [-0.05, 0) is 17.7 Å². The number of rotatable bonds is 1. The molecule has 0 bridgehead atoms. The maximum absolute atomic E-state index is 8.92. The molecule has 1 nitrogen and oxygen atoms in total. The molecule has 0 spiro atoms. The van der Waals surface area contributed by atoms with Gasteiger partial charge in [0.25, 0.3) is 0 Å². The van der Waals surface area contributed by atoms with Crippen LogP contribution in [-0.4, -0.2) is 5.11 Å². The number of aromatic hydroxyl groups is 1. The van der Waals surface area contributed by atoms with Crippen molar-refractivity contribution < 1.29 is 5.11 Å². The Morgan fingerprint density at radius 3 is 2.00 bits per heavy atom. The Morgan fingerprint density at radius 1 is 1.10 bits per heavy atom. The first-order valence-electron chi connectivity index (χ1n) is 2.67. The summed E-state index contributed by atoms with van der Waals surface area (Å²) in [6, 6.07) is 7.16. The van der Waals surface area contributed by atoms with Gasteiger partial charge in [-0.15, -0.1) is 0 Å². The zero-order valence-corrected chi connectivity index (χ0v) is 9.33. The SMILES string of the molecule is Oc1ccc([C](I)I)cc1. The summed E-state index contributed by atoms with van der Waals surface area (Å²) in [4.78, 5) is 0. The van der Waals surface area contributed by atoms with Crippen molar-refractivity contribution in [3.63, 3.8) is 0 Å². The van der Waals surface area contributed by atoms with Gasteiger partial charge in [-0.2, -0.15) is 0 Å². The smallest absolute Gasteiger partial charge is 0.126 e. The van der Waals surface area contributed by atoms with Gasteiger partial charge in [0, 0.05) is 0 Å². The van der Waals surface area contributed by atoms with Crippen molar-refractivity contribution in [2.24, 2.45) is 0 Å². The van der Waals surface area contributed by atoms with Crippen LogP contribution < -0.4 is 0 Å². The van der Waals surface area contributed by atoms with Crippen molar-refractivity contribution in [2.75, 3.05) is 0 Å². The standard InChI is InChI=1S/C7H5I2O/c8-7(9)5-1-3-6(10)4-2-5/h1-4,10H. The monoisotopic (exact) mass is 359 g/mol. The van der Waals surface area contributed by atoms with Gasteiger partial charge in [-0.1, -0.05) is 57.3 Å². The highest BCUT2D eigenvalue weighted by atomic mass is 127. The van der Waals surface area contributed by atoms with E-state index in [4.69, 9.17) is 5.11 Å². The molecule has 0 fully saturated rings. The van der Waals surface area contributed by atoms with E-state index in [0.717, 1.165) is 5.56 Å². The minimum absolute atomic E-state index is 0.317. The number of phenols is 1. The third-order valence-corrected chi connectivity index (χ3v) is 2.33. The Morgan fingerprint density at radius 2 is 1.60 bits per heavy atom. The van der Waals surface area contributed by atoms with Crippen LogP contribution in [0.2, 0.25) is 0 Å². The molecule has 1 aromatic rings. The third kappa shape index (κ3) is 2.26. The highest BCUT2D eigenvalue weighted by Crippen LogP contribution is 2.29. The molecule has 0 heterocycles. The van der Waals surface area contributed by atoms with Crippen LogP contribution in [0.25, 0.3) is 0 Å². The third-order valence-electron chi connectivity index (χ3n) is 1.09. The van der Waals surface area contributed by atoms with Crippen LogP contribution >= 0.6 is 45.2 Å². The van der Waals surface area contributed by atoms with E-state index >= 15 is 0 Å². The number of halogens is 2. The highest BCUT2D eigenvalue weighted by Gasteiger charge is 2.01. The molecule has 1 aromatic carbocycles. The first-order chi connectivity index (χ1) is 4.70. The second kappa shape index (κ2) is 3.75. The van der Waals surface area contributed by atoms with E-state index in [1.807, 2.05) is 12.1 Å².